The highest BCUT2D eigenvalue weighted by atomic mass is 16.5. The van der Waals surface area contributed by atoms with Gasteiger partial charge in [-0.1, -0.05) is 26.0 Å². The third kappa shape index (κ3) is 2.86. The molecular formula is C20H25NO2. The lowest BCUT2D eigenvalue weighted by Crippen LogP contribution is -2.12. The number of ether oxygens (including phenoxy) is 1. The molecule has 0 radical (unpaired) electrons. The number of hydrogen-bond donors (Lipinski definition) is 1. The second-order valence-electron chi connectivity index (χ2n) is 6.88. The van der Waals surface area contributed by atoms with Crippen LogP contribution >= 0.6 is 0 Å². The van der Waals surface area contributed by atoms with Crippen molar-refractivity contribution < 1.29 is 9.84 Å². The van der Waals surface area contributed by atoms with E-state index < -0.39 is 0 Å². The largest absolute Gasteiger partial charge is 0.496 e. The minimum Gasteiger partial charge on any atom is -0.496 e. The van der Waals surface area contributed by atoms with Crippen LogP contribution < -0.4 is 4.74 Å². The molecule has 0 unspecified atom stereocenters. The summed E-state index contributed by atoms with van der Waals surface area (Å²) in [6.07, 6.45) is 2.11. The second-order valence-corrected chi connectivity index (χ2v) is 6.88. The maximum absolute atomic E-state index is 9.71. The van der Waals surface area contributed by atoms with Crippen molar-refractivity contribution in [2.24, 2.45) is 0 Å². The van der Waals surface area contributed by atoms with Gasteiger partial charge in [-0.05, 0) is 49.4 Å². The molecule has 1 fully saturated rings. The number of hydrogen-bond acceptors (Lipinski definition) is 3. The molecule has 0 atom stereocenters. The van der Waals surface area contributed by atoms with Gasteiger partial charge in [0.2, 0.25) is 0 Å². The predicted octanol–water partition coefficient (Wildman–Crippen LogP) is 4.21. The van der Waals surface area contributed by atoms with Gasteiger partial charge in [-0.3, -0.25) is 4.98 Å². The first kappa shape index (κ1) is 16.0. The zero-order valence-electron chi connectivity index (χ0n) is 14.4. The monoisotopic (exact) mass is 311 g/mol. The van der Waals surface area contributed by atoms with Crippen LogP contribution in [0.2, 0.25) is 0 Å². The van der Waals surface area contributed by atoms with E-state index >= 15 is 0 Å². The van der Waals surface area contributed by atoms with Crippen LogP contribution in [0.1, 0.15) is 49.6 Å². The van der Waals surface area contributed by atoms with Crippen LogP contribution in [0.25, 0.3) is 11.1 Å². The summed E-state index contributed by atoms with van der Waals surface area (Å²) in [5, 5.41) is 9.71. The number of methoxy groups -OCH3 is 1. The minimum atomic E-state index is -0.0414. The molecule has 3 nitrogen and oxygen atoms in total. The van der Waals surface area contributed by atoms with Crippen molar-refractivity contribution in [1.29, 1.82) is 0 Å². The Morgan fingerprint density at radius 1 is 1.17 bits per heavy atom. The number of benzene rings is 1. The van der Waals surface area contributed by atoms with Gasteiger partial charge in [0.15, 0.2) is 0 Å². The maximum atomic E-state index is 9.71. The van der Waals surface area contributed by atoms with E-state index in [1.165, 1.54) is 5.56 Å². The summed E-state index contributed by atoms with van der Waals surface area (Å²) in [6, 6.07) is 10.5. The molecular weight excluding hydrogens is 286 g/mol. The highest BCUT2D eigenvalue weighted by Gasteiger charge is 2.43. The Morgan fingerprint density at radius 3 is 2.43 bits per heavy atom. The van der Waals surface area contributed by atoms with Crippen molar-refractivity contribution in [1.82, 2.24) is 4.98 Å². The summed E-state index contributed by atoms with van der Waals surface area (Å²) in [5.41, 5.74) is 5.44. The zero-order valence-corrected chi connectivity index (χ0v) is 14.4. The third-order valence-corrected chi connectivity index (χ3v) is 4.96. The Kier molecular flexibility index (Phi) is 4.15. The van der Waals surface area contributed by atoms with Gasteiger partial charge < -0.3 is 9.84 Å². The highest BCUT2D eigenvalue weighted by molar-refractivity contribution is 5.73. The van der Waals surface area contributed by atoms with E-state index in [-0.39, 0.29) is 12.0 Å². The lowest BCUT2D eigenvalue weighted by atomic mass is 9.92. The van der Waals surface area contributed by atoms with E-state index in [4.69, 9.17) is 9.72 Å². The molecule has 23 heavy (non-hydrogen) atoms. The van der Waals surface area contributed by atoms with Crippen LogP contribution in [-0.4, -0.2) is 23.8 Å². The van der Waals surface area contributed by atoms with E-state index in [2.05, 4.69) is 38.1 Å². The van der Waals surface area contributed by atoms with E-state index in [0.717, 1.165) is 41.1 Å². The molecule has 122 valence electrons. The maximum Gasteiger partial charge on any atom is 0.126 e. The summed E-state index contributed by atoms with van der Waals surface area (Å²) in [5.74, 6) is 1.27. The summed E-state index contributed by atoms with van der Waals surface area (Å²) in [4.78, 5) is 4.75. The normalized spacial score (nSPS) is 15.7. The van der Waals surface area contributed by atoms with Crippen LogP contribution in [0.3, 0.4) is 0 Å². The Hall–Kier alpha value is -1.87. The van der Waals surface area contributed by atoms with Crippen molar-refractivity contribution in [2.45, 2.75) is 44.9 Å². The van der Waals surface area contributed by atoms with Gasteiger partial charge in [0.1, 0.15) is 5.75 Å². The van der Waals surface area contributed by atoms with Gasteiger partial charge in [0, 0.05) is 27.9 Å². The number of aryl methyl sites for hydroxylation is 1. The number of aromatic nitrogens is 1. The fourth-order valence-corrected chi connectivity index (χ4v) is 3.12. The summed E-state index contributed by atoms with van der Waals surface area (Å²) < 4.78 is 5.56. The topological polar surface area (TPSA) is 42.4 Å². The van der Waals surface area contributed by atoms with Gasteiger partial charge in [0.05, 0.1) is 13.7 Å². The molecule has 0 amide bonds. The van der Waals surface area contributed by atoms with E-state index in [1.807, 2.05) is 13.0 Å². The Morgan fingerprint density at radius 2 is 1.91 bits per heavy atom. The lowest BCUT2D eigenvalue weighted by molar-refractivity contribution is 0.255. The molecule has 2 aromatic rings. The molecule has 1 aromatic carbocycles. The number of aliphatic hydroxyl groups excluding tert-OH is 1. The SMILES string of the molecule is COc1ccc(C2(CO)CC2)cc1-c1ccc(C(C)C)nc1C. The third-order valence-electron chi connectivity index (χ3n) is 4.96. The first-order chi connectivity index (χ1) is 11.0. The molecule has 1 aliphatic carbocycles. The minimum absolute atomic E-state index is 0.0414. The predicted molar refractivity (Wildman–Crippen MR) is 93.0 cm³/mol. The van der Waals surface area contributed by atoms with Crippen LogP contribution in [0.5, 0.6) is 5.75 Å². The lowest BCUT2D eigenvalue weighted by Gasteiger charge is -2.18. The fraction of sp³-hybridized carbons (Fsp3) is 0.450. The van der Waals surface area contributed by atoms with Crippen LogP contribution in [0, 0.1) is 6.92 Å². The smallest absolute Gasteiger partial charge is 0.126 e. The van der Waals surface area contributed by atoms with Gasteiger partial charge in [-0.2, -0.15) is 0 Å². The number of aliphatic hydroxyl groups is 1. The molecule has 1 heterocycles. The summed E-state index contributed by atoms with van der Waals surface area (Å²) in [6.45, 7) is 6.57. The Labute approximate surface area is 138 Å². The Bertz CT molecular complexity index is 718. The molecule has 3 heteroatoms. The molecule has 1 aromatic heterocycles. The van der Waals surface area contributed by atoms with E-state index in [1.54, 1.807) is 7.11 Å². The quantitative estimate of drug-likeness (QED) is 0.899. The number of pyridine rings is 1. The number of rotatable bonds is 5. The standard InChI is InChI=1S/C20H25NO2/c1-13(2)18-7-6-16(14(3)21-18)17-11-15(5-8-19(17)23-4)20(12-22)9-10-20/h5-8,11,13,22H,9-10,12H2,1-4H3. The van der Waals surface area contributed by atoms with E-state index in [9.17, 15) is 5.11 Å². The zero-order chi connectivity index (χ0) is 16.6. The van der Waals surface area contributed by atoms with Crippen molar-refractivity contribution in [3.63, 3.8) is 0 Å². The molecule has 0 saturated heterocycles. The van der Waals surface area contributed by atoms with Gasteiger partial charge in [-0.15, -0.1) is 0 Å². The van der Waals surface area contributed by atoms with Crippen LogP contribution in [0.15, 0.2) is 30.3 Å². The molecule has 3 rings (SSSR count). The van der Waals surface area contributed by atoms with Crippen molar-refractivity contribution in [3.8, 4) is 16.9 Å². The molecule has 0 bridgehead atoms. The first-order valence-electron chi connectivity index (χ1n) is 8.28. The summed E-state index contributed by atoms with van der Waals surface area (Å²) >= 11 is 0. The van der Waals surface area contributed by atoms with Crippen molar-refractivity contribution in [3.05, 3.63) is 47.3 Å². The van der Waals surface area contributed by atoms with Gasteiger partial charge >= 0.3 is 0 Å². The molecule has 1 aliphatic rings. The second kappa shape index (κ2) is 5.97. The number of nitrogens with zero attached hydrogens (tertiary/aromatic N) is 1. The van der Waals surface area contributed by atoms with Gasteiger partial charge in [0.25, 0.3) is 0 Å². The Balaban J connectivity index is 2.09. The fourth-order valence-electron chi connectivity index (χ4n) is 3.12. The average molecular weight is 311 g/mol. The summed E-state index contributed by atoms with van der Waals surface area (Å²) in [7, 11) is 1.70. The van der Waals surface area contributed by atoms with E-state index in [0.29, 0.717) is 5.92 Å². The molecule has 1 N–H and O–H groups in total. The van der Waals surface area contributed by atoms with Gasteiger partial charge in [-0.25, -0.2) is 0 Å². The first-order valence-corrected chi connectivity index (χ1v) is 8.28. The van der Waals surface area contributed by atoms with Crippen LogP contribution in [0.4, 0.5) is 0 Å². The highest BCUT2D eigenvalue weighted by Crippen LogP contribution is 2.49. The van der Waals surface area contributed by atoms with Crippen molar-refractivity contribution in [2.75, 3.05) is 13.7 Å². The van der Waals surface area contributed by atoms with Crippen molar-refractivity contribution >= 4 is 0 Å². The van der Waals surface area contributed by atoms with Crippen LogP contribution in [-0.2, 0) is 5.41 Å². The molecule has 0 aliphatic heterocycles. The molecule has 1 saturated carbocycles. The average Bonchev–Trinajstić information content (AvgIpc) is 3.35. The molecule has 0 spiro atoms.